The fraction of sp³-hybridized carbons (Fsp3) is 0.138. The van der Waals surface area contributed by atoms with Crippen LogP contribution in [0, 0.1) is 6.92 Å². The van der Waals surface area contributed by atoms with Crippen LogP contribution in [0.4, 0.5) is 11.4 Å². The second-order valence-corrected chi connectivity index (χ2v) is 8.77. The van der Waals surface area contributed by atoms with E-state index in [-0.39, 0.29) is 18.1 Å². The zero-order valence-electron chi connectivity index (χ0n) is 20.6. The van der Waals surface area contributed by atoms with Gasteiger partial charge in [-0.25, -0.2) is 4.79 Å². The number of nitrogens with zero attached hydrogens (tertiary/aromatic N) is 1. The number of esters is 1. The third-order valence-electron chi connectivity index (χ3n) is 5.78. The van der Waals surface area contributed by atoms with Crippen molar-refractivity contribution < 1.29 is 23.9 Å². The standard InChI is InChI=1S/C29H25ClN2O5/c1-18-8-12-21(13-9-18)32-19(2)27(29(35)36-3)28(34)25(32)16-20-10-14-22(15-11-20)37-17-26(33)31-24-7-5-4-6-23(24)30/h4-16H,17H2,1-3H3,(H,31,33). The van der Waals surface area contributed by atoms with E-state index in [1.165, 1.54) is 7.11 Å². The number of hydrogen-bond acceptors (Lipinski definition) is 6. The lowest BCUT2D eigenvalue weighted by atomic mass is 10.1. The Kier molecular flexibility index (Phi) is 7.74. The monoisotopic (exact) mass is 516 g/mol. The Labute approximate surface area is 219 Å². The van der Waals surface area contributed by atoms with Gasteiger partial charge in [-0.05, 0) is 61.9 Å². The van der Waals surface area contributed by atoms with Gasteiger partial charge >= 0.3 is 5.97 Å². The average Bonchev–Trinajstić information content (AvgIpc) is 3.14. The summed E-state index contributed by atoms with van der Waals surface area (Å²) >= 11 is 6.07. The molecule has 0 atom stereocenters. The maximum Gasteiger partial charge on any atom is 0.343 e. The van der Waals surface area contributed by atoms with Gasteiger partial charge < -0.3 is 19.7 Å². The molecule has 0 unspecified atom stereocenters. The van der Waals surface area contributed by atoms with Crippen molar-refractivity contribution in [2.45, 2.75) is 13.8 Å². The van der Waals surface area contributed by atoms with Gasteiger partial charge in [0.25, 0.3) is 5.91 Å². The lowest BCUT2D eigenvalue weighted by molar-refractivity contribution is -0.137. The maximum absolute atomic E-state index is 13.2. The van der Waals surface area contributed by atoms with Crippen LogP contribution in [0.1, 0.15) is 18.1 Å². The lowest BCUT2D eigenvalue weighted by Crippen LogP contribution is -2.20. The summed E-state index contributed by atoms with van der Waals surface area (Å²) in [5, 5.41) is 3.14. The molecule has 0 bridgehead atoms. The Bertz CT molecular complexity index is 1410. The number of nitrogens with one attached hydrogen (secondary N) is 1. The number of Topliss-reactive ketones (excluding diaryl/α,β-unsaturated/α-hetero) is 1. The van der Waals surface area contributed by atoms with Crippen LogP contribution >= 0.6 is 11.6 Å². The van der Waals surface area contributed by atoms with E-state index >= 15 is 0 Å². The molecule has 1 heterocycles. The molecule has 0 saturated carbocycles. The van der Waals surface area contributed by atoms with E-state index in [0.29, 0.717) is 33.4 Å². The molecule has 7 nitrogen and oxygen atoms in total. The molecule has 4 rings (SSSR count). The second-order valence-electron chi connectivity index (χ2n) is 8.37. The first-order valence-electron chi connectivity index (χ1n) is 11.5. The highest BCUT2D eigenvalue weighted by atomic mass is 35.5. The number of aryl methyl sites for hydroxylation is 1. The molecule has 3 aromatic carbocycles. The Hall–Kier alpha value is -4.36. The topological polar surface area (TPSA) is 84.9 Å². The van der Waals surface area contributed by atoms with Crippen LogP contribution in [0.3, 0.4) is 0 Å². The van der Waals surface area contributed by atoms with Crippen LogP contribution in [-0.4, -0.2) is 31.4 Å². The highest BCUT2D eigenvalue weighted by Gasteiger charge is 2.38. The number of allylic oxidation sites excluding steroid dienone is 2. The van der Waals surface area contributed by atoms with Gasteiger partial charge in [0, 0.05) is 11.4 Å². The molecular formula is C29H25ClN2O5. The van der Waals surface area contributed by atoms with Gasteiger partial charge in [-0.1, -0.05) is 53.6 Å². The number of carbonyl (C=O) groups is 3. The fourth-order valence-corrected chi connectivity index (χ4v) is 4.08. The van der Waals surface area contributed by atoms with Gasteiger partial charge in [0.05, 0.1) is 23.5 Å². The summed E-state index contributed by atoms with van der Waals surface area (Å²) in [4.78, 5) is 39.6. The largest absolute Gasteiger partial charge is 0.484 e. The number of anilines is 2. The van der Waals surface area contributed by atoms with E-state index in [2.05, 4.69) is 5.32 Å². The van der Waals surface area contributed by atoms with Gasteiger partial charge in [0.15, 0.2) is 6.61 Å². The number of para-hydroxylation sites is 1. The van der Waals surface area contributed by atoms with Crippen molar-refractivity contribution in [1.29, 1.82) is 0 Å². The molecule has 1 aliphatic heterocycles. The van der Waals surface area contributed by atoms with Crippen LogP contribution in [0.25, 0.3) is 6.08 Å². The second kappa shape index (κ2) is 11.1. The van der Waals surface area contributed by atoms with Crippen LogP contribution in [0.15, 0.2) is 89.8 Å². The first-order valence-corrected chi connectivity index (χ1v) is 11.9. The molecule has 8 heteroatoms. The summed E-state index contributed by atoms with van der Waals surface area (Å²) in [5.41, 5.74) is 3.88. The predicted octanol–water partition coefficient (Wildman–Crippen LogP) is 5.54. The number of benzene rings is 3. The molecule has 0 spiro atoms. The average molecular weight is 517 g/mol. The molecule has 0 radical (unpaired) electrons. The highest BCUT2D eigenvalue weighted by molar-refractivity contribution is 6.33. The molecule has 0 saturated heterocycles. The van der Waals surface area contributed by atoms with E-state index in [1.807, 2.05) is 31.2 Å². The van der Waals surface area contributed by atoms with Gasteiger partial charge in [-0.3, -0.25) is 9.59 Å². The summed E-state index contributed by atoms with van der Waals surface area (Å²) in [6.07, 6.45) is 1.70. The molecule has 1 aliphatic rings. The number of carbonyl (C=O) groups excluding carboxylic acids is 3. The Morgan fingerprint density at radius 1 is 0.973 bits per heavy atom. The van der Waals surface area contributed by atoms with Crippen molar-refractivity contribution in [2.24, 2.45) is 0 Å². The third-order valence-corrected chi connectivity index (χ3v) is 6.11. The molecule has 37 heavy (non-hydrogen) atoms. The first-order chi connectivity index (χ1) is 17.8. The number of ether oxygens (including phenoxy) is 2. The van der Waals surface area contributed by atoms with E-state index < -0.39 is 11.8 Å². The summed E-state index contributed by atoms with van der Waals surface area (Å²) in [6.45, 7) is 3.49. The fourth-order valence-electron chi connectivity index (χ4n) is 3.90. The van der Waals surface area contributed by atoms with Gasteiger partial charge in [0.1, 0.15) is 11.3 Å². The molecule has 0 aromatic heterocycles. The summed E-state index contributed by atoms with van der Waals surface area (Å²) in [6, 6.07) is 21.5. The summed E-state index contributed by atoms with van der Waals surface area (Å²) < 4.78 is 10.4. The smallest absolute Gasteiger partial charge is 0.343 e. The molecule has 3 aromatic rings. The predicted molar refractivity (Wildman–Crippen MR) is 143 cm³/mol. The molecule has 0 fully saturated rings. The molecular weight excluding hydrogens is 492 g/mol. The SMILES string of the molecule is COC(=O)C1=C(C)N(c2ccc(C)cc2)C(=Cc2ccc(OCC(=O)Nc3ccccc3Cl)cc2)C1=O. The van der Waals surface area contributed by atoms with E-state index in [0.717, 1.165) is 11.3 Å². The summed E-state index contributed by atoms with van der Waals surface area (Å²) in [7, 11) is 1.25. The van der Waals surface area contributed by atoms with E-state index in [9.17, 15) is 14.4 Å². The minimum absolute atomic E-state index is 0.00110. The van der Waals surface area contributed by atoms with Crippen LogP contribution < -0.4 is 15.0 Å². The number of rotatable bonds is 7. The van der Waals surface area contributed by atoms with Crippen molar-refractivity contribution in [3.63, 3.8) is 0 Å². The van der Waals surface area contributed by atoms with Crippen molar-refractivity contribution in [1.82, 2.24) is 0 Å². The van der Waals surface area contributed by atoms with Gasteiger partial charge in [-0.15, -0.1) is 0 Å². The minimum Gasteiger partial charge on any atom is -0.484 e. The third kappa shape index (κ3) is 5.73. The normalized spacial score (nSPS) is 14.2. The van der Waals surface area contributed by atoms with Crippen LogP contribution in [0.5, 0.6) is 5.75 Å². The number of amides is 1. The Morgan fingerprint density at radius 2 is 1.65 bits per heavy atom. The van der Waals surface area contributed by atoms with Crippen molar-refractivity contribution in [2.75, 3.05) is 23.9 Å². The molecule has 1 amide bonds. The maximum atomic E-state index is 13.2. The highest BCUT2D eigenvalue weighted by Crippen LogP contribution is 2.36. The van der Waals surface area contributed by atoms with Crippen molar-refractivity contribution in [3.8, 4) is 5.75 Å². The lowest BCUT2D eigenvalue weighted by Gasteiger charge is -2.21. The molecule has 0 aliphatic carbocycles. The minimum atomic E-state index is -0.679. The van der Waals surface area contributed by atoms with Crippen molar-refractivity contribution in [3.05, 3.63) is 106 Å². The molecule has 1 N–H and O–H groups in total. The number of methoxy groups -OCH3 is 1. The molecule has 188 valence electrons. The van der Waals surface area contributed by atoms with Crippen LogP contribution in [-0.2, 0) is 19.1 Å². The first kappa shape index (κ1) is 25.7. The number of ketones is 1. The van der Waals surface area contributed by atoms with Gasteiger partial charge in [-0.2, -0.15) is 0 Å². The zero-order valence-corrected chi connectivity index (χ0v) is 21.3. The van der Waals surface area contributed by atoms with Crippen molar-refractivity contribution >= 4 is 46.7 Å². The Balaban J connectivity index is 1.52. The number of halogens is 1. The number of hydrogen-bond donors (Lipinski definition) is 1. The summed E-state index contributed by atoms with van der Waals surface area (Å²) in [5.74, 6) is -0.959. The van der Waals surface area contributed by atoms with Gasteiger partial charge in [0.2, 0.25) is 5.78 Å². The quantitative estimate of drug-likeness (QED) is 0.252. The van der Waals surface area contributed by atoms with E-state index in [4.69, 9.17) is 21.1 Å². The van der Waals surface area contributed by atoms with Crippen LogP contribution in [0.2, 0.25) is 5.02 Å². The zero-order chi connectivity index (χ0) is 26.5. The van der Waals surface area contributed by atoms with E-state index in [1.54, 1.807) is 66.4 Å². The Morgan fingerprint density at radius 3 is 2.30 bits per heavy atom.